The zero-order valence-corrected chi connectivity index (χ0v) is 13.0. The van der Waals surface area contributed by atoms with Gasteiger partial charge < -0.3 is 5.32 Å². The van der Waals surface area contributed by atoms with Crippen molar-refractivity contribution in [3.05, 3.63) is 17.6 Å². The second-order valence-electron chi connectivity index (χ2n) is 5.30. The minimum Gasteiger partial charge on any atom is -0.370 e. The number of nitrogens with one attached hydrogen (secondary N) is 1. The van der Waals surface area contributed by atoms with Crippen molar-refractivity contribution in [3.63, 3.8) is 0 Å². The highest BCUT2D eigenvalue weighted by molar-refractivity contribution is 5.35. The first-order valence-corrected chi connectivity index (χ1v) is 7.39. The summed E-state index contributed by atoms with van der Waals surface area (Å²) in [4.78, 5) is 11.6. The normalized spacial score (nSPS) is 11.3. The molecule has 0 saturated heterocycles. The van der Waals surface area contributed by atoms with Crippen molar-refractivity contribution in [2.75, 3.05) is 18.4 Å². The summed E-state index contributed by atoms with van der Waals surface area (Å²) in [6.45, 7) is 13.7. The molecule has 0 fully saturated rings. The Hall–Kier alpha value is -1.16. The van der Waals surface area contributed by atoms with E-state index in [1.165, 1.54) is 0 Å². The number of rotatable bonds is 8. The smallest absolute Gasteiger partial charge is 0.144 e. The Balaban J connectivity index is 2.78. The van der Waals surface area contributed by atoms with E-state index in [-0.39, 0.29) is 0 Å². The molecule has 0 aromatic carbocycles. The summed E-state index contributed by atoms with van der Waals surface area (Å²) in [5.74, 6) is 1.87. The maximum Gasteiger partial charge on any atom is 0.144 e. The second kappa shape index (κ2) is 8.10. The molecule has 0 saturated carbocycles. The molecule has 0 aliphatic carbocycles. The lowest BCUT2D eigenvalue weighted by Crippen LogP contribution is -2.32. The zero-order chi connectivity index (χ0) is 14.3. The van der Waals surface area contributed by atoms with Gasteiger partial charge in [0.1, 0.15) is 11.6 Å². The molecule has 108 valence electrons. The number of hydrogen-bond donors (Lipinski definition) is 1. The summed E-state index contributed by atoms with van der Waals surface area (Å²) in [7, 11) is 0. The van der Waals surface area contributed by atoms with Gasteiger partial charge in [-0.15, -0.1) is 0 Å². The van der Waals surface area contributed by atoms with E-state index in [4.69, 9.17) is 0 Å². The quantitative estimate of drug-likeness (QED) is 0.782. The van der Waals surface area contributed by atoms with Crippen LogP contribution in [0.15, 0.2) is 6.07 Å². The molecule has 19 heavy (non-hydrogen) atoms. The lowest BCUT2D eigenvalue weighted by atomic mass is 10.3. The van der Waals surface area contributed by atoms with Gasteiger partial charge in [-0.25, -0.2) is 9.97 Å². The Kier molecular flexibility index (Phi) is 6.78. The number of aryl methyl sites for hydroxylation is 1. The maximum absolute atomic E-state index is 4.61. The van der Waals surface area contributed by atoms with Crippen LogP contribution < -0.4 is 5.32 Å². The molecule has 0 bridgehead atoms. The van der Waals surface area contributed by atoms with E-state index in [0.717, 1.165) is 49.8 Å². The van der Waals surface area contributed by atoms with Crippen molar-refractivity contribution in [1.29, 1.82) is 0 Å². The van der Waals surface area contributed by atoms with Gasteiger partial charge in [0.25, 0.3) is 0 Å². The molecule has 4 nitrogen and oxygen atoms in total. The minimum atomic E-state index is 0.524. The van der Waals surface area contributed by atoms with Gasteiger partial charge in [-0.3, -0.25) is 4.90 Å². The monoisotopic (exact) mass is 264 g/mol. The van der Waals surface area contributed by atoms with Crippen LogP contribution in [0.2, 0.25) is 0 Å². The van der Waals surface area contributed by atoms with Crippen molar-refractivity contribution in [3.8, 4) is 0 Å². The van der Waals surface area contributed by atoms with Crippen molar-refractivity contribution >= 4 is 5.82 Å². The standard InChI is InChI=1S/C15H28N4/c1-6-8-16-14-10-13(5)17-15(18-14)11-19(9-7-2)12(3)4/h10,12H,6-9,11H2,1-5H3,(H,16,17,18). The Bertz CT molecular complexity index is 376. The van der Waals surface area contributed by atoms with Crippen LogP contribution in [0.1, 0.15) is 52.1 Å². The molecular weight excluding hydrogens is 236 g/mol. The van der Waals surface area contributed by atoms with Crippen molar-refractivity contribution in [1.82, 2.24) is 14.9 Å². The van der Waals surface area contributed by atoms with E-state index in [1.54, 1.807) is 0 Å². The number of hydrogen-bond acceptors (Lipinski definition) is 4. The molecule has 1 heterocycles. The molecule has 0 aliphatic rings. The number of anilines is 1. The third-order valence-electron chi connectivity index (χ3n) is 3.04. The summed E-state index contributed by atoms with van der Waals surface area (Å²) in [6, 6.07) is 2.54. The van der Waals surface area contributed by atoms with Crippen molar-refractivity contribution in [2.24, 2.45) is 0 Å². The highest BCUT2D eigenvalue weighted by Gasteiger charge is 2.11. The predicted molar refractivity (Wildman–Crippen MR) is 81.4 cm³/mol. The fraction of sp³-hybridized carbons (Fsp3) is 0.733. The summed E-state index contributed by atoms with van der Waals surface area (Å²) >= 11 is 0. The van der Waals surface area contributed by atoms with Gasteiger partial charge in [0.05, 0.1) is 6.54 Å². The Morgan fingerprint density at radius 2 is 1.95 bits per heavy atom. The molecule has 4 heteroatoms. The lowest BCUT2D eigenvalue weighted by molar-refractivity contribution is 0.208. The minimum absolute atomic E-state index is 0.524. The fourth-order valence-corrected chi connectivity index (χ4v) is 2.03. The van der Waals surface area contributed by atoms with Gasteiger partial charge in [-0.05, 0) is 40.2 Å². The van der Waals surface area contributed by atoms with Crippen LogP contribution in [0.4, 0.5) is 5.82 Å². The first kappa shape index (κ1) is 15.9. The average molecular weight is 264 g/mol. The molecule has 0 aliphatic heterocycles. The first-order chi connectivity index (χ1) is 9.06. The van der Waals surface area contributed by atoms with E-state index >= 15 is 0 Å². The summed E-state index contributed by atoms with van der Waals surface area (Å²) in [5, 5.41) is 3.34. The Morgan fingerprint density at radius 1 is 1.21 bits per heavy atom. The topological polar surface area (TPSA) is 41.1 Å². The maximum atomic E-state index is 4.61. The summed E-state index contributed by atoms with van der Waals surface area (Å²) in [6.07, 6.45) is 2.26. The van der Waals surface area contributed by atoms with E-state index in [9.17, 15) is 0 Å². The zero-order valence-electron chi connectivity index (χ0n) is 13.0. The average Bonchev–Trinajstić information content (AvgIpc) is 2.35. The molecule has 0 atom stereocenters. The lowest BCUT2D eigenvalue weighted by Gasteiger charge is -2.25. The largest absolute Gasteiger partial charge is 0.370 e. The molecular formula is C15H28N4. The van der Waals surface area contributed by atoms with Crippen LogP contribution in [0.25, 0.3) is 0 Å². The van der Waals surface area contributed by atoms with Crippen LogP contribution in [0.5, 0.6) is 0 Å². The highest BCUT2D eigenvalue weighted by atomic mass is 15.2. The van der Waals surface area contributed by atoms with E-state index in [1.807, 2.05) is 13.0 Å². The van der Waals surface area contributed by atoms with Crippen LogP contribution in [-0.2, 0) is 6.54 Å². The first-order valence-electron chi connectivity index (χ1n) is 7.39. The van der Waals surface area contributed by atoms with Crippen molar-refractivity contribution in [2.45, 2.75) is 60.0 Å². The van der Waals surface area contributed by atoms with E-state index < -0.39 is 0 Å². The van der Waals surface area contributed by atoms with Crippen LogP contribution in [0, 0.1) is 6.92 Å². The van der Waals surface area contributed by atoms with E-state index in [2.05, 4.69) is 47.9 Å². The van der Waals surface area contributed by atoms with Gasteiger partial charge in [0.15, 0.2) is 0 Å². The van der Waals surface area contributed by atoms with Gasteiger partial charge in [0, 0.05) is 24.3 Å². The van der Waals surface area contributed by atoms with Crippen molar-refractivity contribution < 1.29 is 0 Å². The molecule has 1 aromatic heterocycles. The van der Waals surface area contributed by atoms with E-state index in [0.29, 0.717) is 6.04 Å². The van der Waals surface area contributed by atoms with Gasteiger partial charge >= 0.3 is 0 Å². The van der Waals surface area contributed by atoms with Gasteiger partial charge in [0.2, 0.25) is 0 Å². The number of nitrogens with zero attached hydrogens (tertiary/aromatic N) is 3. The van der Waals surface area contributed by atoms with Crippen LogP contribution in [0.3, 0.4) is 0 Å². The molecule has 1 N–H and O–H groups in total. The predicted octanol–water partition coefficient (Wildman–Crippen LogP) is 3.23. The molecule has 1 rings (SSSR count). The molecule has 0 amide bonds. The Morgan fingerprint density at radius 3 is 2.53 bits per heavy atom. The SMILES string of the molecule is CCCNc1cc(C)nc(CN(CCC)C(C)C)n1. The summed E-state index contributed by atoms with van der Waals surface area (Å²) < 4.78 is 0. The van der Waals surface area contributed by atoms with Crippen LogP contribution in [-0.4, -0.2) is 34.0 Å². The van der Waals surface area contributed by atoms with Gasteiger partial charge in [-0.1, -0.05) is 13.8 Å². The van der Waals surface area contributed by atoms with Crippen LogP contribution >= 0.6 is 0 Å². The Labute approximate surface area is 117 Å². The molecule has 0 unspecified atom stereocenters. The molecule has 0 spiro atoms. The molecule has 1 aromatic rings. The number of aromatic nitrogens is 2. The highest BCUT2D eigenvalue weighted by Crippen LogP contribution is 2.10. The third-order valence-corrected chi connectivity index (χ3v) is 3.04. The van der Waals surface area contributed by atoms with Gasteiger partial charge in [-0.2, -0.15) is 0 Å². The fourth-order valence-electron chi connectivity index (χ4n) is 2.03. The second-order valence-corrected chi connectivity index (χ2v) is 5.30. The third kappa shape index (κ3) is 5.55. The molecule has 0 radical (unpaired) electrons. The summed E-state index contributed by atoms with van der Waals surface area (Å²) in [5.41, 5.74) is 1.03.